The highest BCUT2D eigenvalue weighted by molar-refractivity contribution is 5.83. The van der Waals surface area contributed by atoms with Crippen LogP contribution in [0, 0.1) is 5.92 Å². The lowest BCUT2D eigenvalue weighted by Gasteiger charge is -2.19. The second kappa shape index (κ2) is 7.23. The Hall–Kier alpha value is -1.10. The zero-order chi connectivity index (χ0) is 11.8. The van der Waals surface area contributed by atoms with E-state index >= 15 is 0 Å². The molecule has 0 spiro atoms. The second-order valence-corrected chi connectivity index (χ2v) is 3.66. The summed E-state index contributed by atoms with van der Waals surface area (Å²) in [5.74, 6) is -1.29. The Labute approximate surface area is 90.0 Å². The van der Waals surface area contributed by atoms with Gasteiger partial charge in [-0.3, -0.25) is 4.79 Å². The number of nitrogens with two attached hydrogens (primary N) is 1. The molecule has 0 saturated carbocycles. The monoisotopic (exact) mass is 216 g/mol. The number of hydrogen-bond acceptors (Lipinski definition) is 3. The Morgan fingerprint density at radius 3 is 2.47 bits per heavy atom. The second-order valence-electron chi connectivity index (χ2n) is 3.66. The van der Waals surface area contributed by atoms with Crippen molar-refractivity contribution in [3.05, 3.63) is 0 Å². The highest BCUT2D eigenvalue weighted by Crippen LogP contribution is 2.08. The van der Waals surface area contributed by atoms with E-state index in [9.17, 15) is 9.59 Å². The molecule has 2 unspecified atom stereocenters. The number of carboxylic acids is 1. The number of nitrogens with one attached hydrogen (secondary N) is 1. The van der Waals surface area contributed by atoms with Crippen molar-refractivity contribution in [1.29, 1.82) is 0 Å². The van der Waals surface area contributed by atoms with Gasteiger partial charge >= 0.3 is 5.97 Å². The van der Waals surface area contributed by atoms with Crippen LogP contribution < -0.4 is 11.1 Å². The van der Waals surface area contributed by atoms with Crippen LogP contribution in [-0.2, 0) is 9.59 Å². The molecule has 88 valence electrons. The predicted octanol–water partition coefficient (Wildman–Crippen LogP) is 0.341. The Kier molecular flexibility index (Phi) is 6.70. The third kappa shape index (κ3) is 5.37. The molecule has 0 saturated heterocycles. The molecule has 0 aliphatic rings. The Balaban J connectivity index is 4.16. The molecule has 2 atom stereocenters. The van der Waals surface area contributed by atoms with Gasteiger partial charge in [0.2, 0.25) is 5.91 Å². The SMILES string of the molecule is CCC(C)C(NC(=O)CCCN)C(=O)O. The lowest BCUT2D eigenvalue weighted by molar-refractivity contribution is -0.143. The minimum Gasteiger partial charge on any atom is -0.480 e. The summed E-state index contributed by atoms with van der Waals surface area (Å²) in [4.78, 5) is 22.2. The first-order valence-electron chi connectivity index (χ1n) is 5.25. The van der Waals surface area contributed by atoms with Crippen molar-refractivity contribution in [3.63, 3.8) is 0 Å². The summed E-state index contributed by atoms with van der Waals surface area (Å²) < 4.78 is 0. The van der Waals surface area contributed by atoms with E-state index in [2.05, 4.69) is 5.32 Å². The molecule has 0 heterocycles. The molecule has 0 rings (SSSR count). The Morgan fingerprint density at radius 2 is 2.07 bits per heavy atom. The van der Waals surface area contributed by atoms with Gasteiger partial charge in [-0.2, -0.15) is 0 Å². The summed E-state index contributed by atoms with van der Waals surface area (Å²) in [5, 5.41) is 11.4. The summed E-state index contributed by atoms with van der Waals surface area (Å²) in [6, 6.07) is -0.791. The smallest absolute Gasteiger partial charge is 0.326 e. The number of carbonyl (C=O) groups excluding carboxylic acids is 1. The van der Waals surface area contributed by atoms with Crippen LogP contribution in [0.5, 0.6) is 0 Å². The van der Waals surface area contributed by atoms with Gasteiger partial charge in [0.1, 0.15) is 6.04 Å². The first kappa shape index (κ1) is 13.9. The van der Waals surface area contributed by atoms with Crippen LogP contribution in [0.1, 0.15) is 33.1 Å². The first-order valence-corrected chi connectivity index (χ1v) is 5.25. The Morgan fingerprint density at radius 1 is 1.47 bits per heavy atom. The molecule has 0 aliphatic heterocycles. The van der Waals surface area contributed by atoms with Crippen molar-refractivity contribution < 1.29 is 14.7 Å². The average Bonchev–Trinajstić information content (AvgIpc) is 2.21. The maximum absolute atomic E-state index is 11.3. The highest BCUT2D eigenvalue weighted by Gasteiger charge is 2.24. The largest absolute Gasteiger partial charge is 0.480 e. The molecule has 0 aliphatic carbocycles. The van der Waals surface area contributed by atoms with Crippen LogP contribution in [0.3, 0.4) is 0 Å². The van der Waals surface area contributed by atoms with Crippen molar-refractivity contribution in [2.75, 3.05) is 6.54 Å². The maximum Gasteiger partial charge on any atom is 0.326 e. The first-order chi connectivity index (χ1) is 7.02. The van der Waals surface area contributed by atoms with Gasteiger partial charge in [0, 0.05) is 6.42 Å². The average molecular weight is 216 g/mol. The van der Waals surface area contributed by atoms with Crippen LogP contribution in [0.2, 0.25) is 0 Å². The molecule has 1 amide bonds. The van der Waals surface area contributed by atoms with Crippen molar-refractivity contribution >= 4 is 11.9 Å². The molecule has 4 N–H and O–H groups in total. The minimum absolute atomic E-state index is 0.0654. The summed E-state index contributed by atoms with van der Waals surface area (Å²) in [7, 11) is 0. The van der Waals surface area contributed by atoms with Crippen molar-refractivity contribution in [2.45, 2.75) is 39.2 Å². The zero-order valence-corrected chi connectivity index (χ0v) is 9.32. The van der Waals surface area contributed by atoms with Crippen LogP contribution in [0.4, 0.5) is 0 Å². The van der Waals surface area contributed by atoms with E-state index in [1.54, 1.807) is 0 Å². The van der Waals surface area contributed by atoms with Crippen LogP contribution in [0.25, 0.3) is 0 Å². The fourth-order valence-corrected chi connectivity index (χ4v) is 1.19. The summed E-state index contributed by atoms with van der Waals surface area (Å²) in [6.07, 6.45) is 1.59. The number of amides is 1. The molecule has 5 heteroatoms. The molecular weight excluding hydrogens is 196 g/mol. The van der Waals surface area contributed by atoms with Gasteiger partial charge in [-0.1, -0.05) is 20.3 Å². The predicted molar refractivity (Wildman–Crippen MR) is 57.3 cm³/mol. The van der Waals surface area contributed by atoms with Gasteiger partial charge in [-0.05, 0) is 18.9 Å². The highest BCUT2D eigenvalue weighted by atomic mass is 16.4. The molecule has 0 aromatic carbocycles. The molecule has 0 fully saturated rings. The normalized spacial score (nSPS) is 14.3. The molecule has 0 radical (unpaired) electrons. The van der Waals surface area contributed by atoms with Gasteiger partial charge in [0.05, 0.1) is 0 Å². The van der Waals surface area contributed by atoms with E-state index in [0.29, 0.717) is 19.4 Å². The molecule has 0 aromatic rings. The lowest BCUT2D eigenvalue weighted by Crippen LogP contribution is -2.45. The number of rotatable bonds is 7. The van der Waals surface area contributed by atoms with Crippen LogP contribution in [-0.4, -0.2) is 29.6 Å². The number of carbonyl (C=O) groups is 2. The zero-order valence-electron chi connectivity index (χ0n) is 9.32. The number of hydrogen-bond donors (Lipinski definition) is 3. The van der Waals surface area contributed by atoms with E-state index in [-0.39, 0.29) is 18.2 Å². The van der Waals surface area contributed by atoms with Crippen LogP contribution in [0.15, 0.2) is 0 Å². The quantitative estimate of drug-likeness (QED) is 0.572. The van der Waals surface area contributed by atoms with E-state index in [4.69, 9.17) is 10.8 Å². The summed E-state index contributed by atoms with van der Waals surface area (Å²) in [6.45, 7) is 4.14. The topological polar surface area (TPSA) is 92.4 Å². The van der Waals surface area contributed by atoms with Gasteiger partial charge < -0.3 is 16.2 Å². The standard InChI is InChI=1S/C10H20N2O3/c1-3-7(2)9(10(14)15)12-8(13)5-4-6-11/h7,9H,3-6,11H2,1-2H3,(H,12,13)(H,14,15). The molecule has 0 bridgehead atoms. The third-order valence-corrected chi connectivity index (χ3v) is 2.40. The number of carboxylic acid groups (broad SMARTS) is 1. The molecule has 15 heavy (non-hydrogen) atoms. The van der Waals surface area contributed by atoms with Crippen molar-refractivity contribution in [3.8, 4) is 0 Å². The van der Waals surface area contributed by atoms with Crippen molar-refractivity contribution in [1.82, 2.24) is 5.32 Å². The lowest BCUT2D eigenvalue weighted by atomic mass is 9.99. The van der Waals surface area contributed by atoms with E-state index in [1.807, 2.05) is 13.8 Å². The summed E-state index contributed by atoms with van der Waals surface area (Å²) in [5.41, 5.74) is 5.26. The van der Waals surface area contributed by atoms with Gasteiger partial charge in [0.25, 0.3) is 0 Å². The van der Waals surface area contributed by atoms with E-state index in [0.717, 1.165) is 0 Å². The fourth-order valence-electron chi connectivity index (χ4n) is 1.19. The van der Waals surface area contributed by atoms with Gasteiger partial charge in [-0.15, -0.1) is 0 Å². The summed E-state index contributed by atoms with van der Waals surface area (Å²) >= 11 is 0. The third-order valence-electron chi connectivity index (χ3n) is 2.40. The molecule has 0 aromatic heterocycles. The van der Waals surface area contributed by atoms with Gasteiger partial charge in [-0.25, -0.2) is 4.79 Å². The molecular formula is C10H20N2O3. The van der Waals surface area contributed by atoms with Gasteiger partial charge in [0.15, 0.2) is 0 Å². The van der Waals surface area contributed by atoms with E-state index < -0.39 is 12.0 Å². The maximum atomic E-state index is 11.3. The van der Waals surface area contributed by atoms with Crippen molar-refractivity contribution in [2.24, 2.45) is 11.7 Å². The Bertz CT molecular complexity index is 219. The van der Waals surface area contributed by atoms with Crippen LogP contribution >= 0.6 is 0 Å². The fraction of sp³-hybridized carbons (Fsp3) is 0.800. The molecule has 5 nitrogen and oxygen atoms in total. The number of aliphatic carboxylic acids is 1. The van der Waals surface area contributed by atoms with E-state index in [1.165, 1.54) is 0 Å². The minimum atomic E-state index is -0.981.